The predicted molar refractivity (Wildman–Crippen MR) is 137 cm³/mol. The van der Waals surface area contributed by atoms with E-state index >= 15 is 8.78 Å². The molecule has 3 aromatic heterocycles. The van der Waals surface area contributed by atoms with Crippen molar-refractivity contribution in [1.82, 2.24) is 19.6 Å². The molecule has 0 amide bonds. The van der Waals surface area contributed by atoms with Gasteiger partial charge in [-0.25, -0.2) is 18.3 Å². The largest absolute Gasteiger partial charge is 0.385 e. The minimum Gasteiger partial charge on any atom is -0.385 e. The van der Waals surface area contributed by atoms with Crippen LogP contribution in [-0.4, -0.2) is 30.7 Å². The number of aromatic nitrogens is 4. The Hall–Kier alpha value is -3.23. The monoisotopic (exact) mass is 503 g/mol. The van der Waals surface area contributed by atoms with Crippen molar-refractivity contribution in [3.63, 3.8) is 0 Å². The molecule has 6 nitrogen and oxygen atoms in total. The van der Waals surface area contributed by atoms with Crippen LogP contribution >= 0.6 is 0 Å². The van der Waals surface area contributed by atoms with Crippen molar-refractivity contribution in [3.05, 3.63) is 83.1 Å². The molecule has 192 valence electrons. The number of nitrogens with two attached hydrogens (primary N) is 1. The second-order valence-electron chi connectivity index (χ2n) is 11.0. The first kappa shape index (κ1) is 24.1. The molecule has 0 radical (unpaired) electrons. The smallest absolute Gasteiger partial charge is 0.136 e. The topological polar surface area (TPSA) is 89.3 Å². The van der Waals surface area contributed by atoms with E-state index in [-0.39, 0.29) is 22.9 Å². The van der Waals surface area contributed by atoms with Gasteiger partial charge in [-0.3, -0.25) is 4.98 Å². The van der Waals surface area contributed by atoms with Crippen molar-refractivity contribution in [1.29, 1.82) is 0 Å². The van der Waals surface area contributed by atoms with Crippen LogP contribution in [0.4, 0.5) is 8.78 Å². The Morgan fingerprint density at radius 1 is 1.08 bits per heavy atom. The highest BCUT2D eigenvalue weighted by Gasteiger charge is 2.37. The minimum atomic E-state index is -1.14. The van der Waals surface area contributed by atoms with Crippen LogP contribution in [0.25, 0.3) is 16.8 Å². The Morgan fingerprint density at radius 3 is 2.57 bits per heavy atom. The van der Waals surface area contributed by atoms with E-state index < -0.39 is 17.2 Å². The van der Waals surface area contributed by atoms with Crippen LogP contribution in [0.2, 0.25) is 0 Å². The molecular formula is C29H31F2N5O. The van der Waals surface area contributed by atoms with Crippen molar-refractivity contribution in [3.8, 4) is 11.3 Å². The maximum atomic E-state index is 15.1. The van der Waals surface area contributed by atoms with E-state index in [1.165, 1.54) is 17.7 Å². The number of fused-ring (bicyclic) bond motifs is 1. The van der Waals surface area contributed by atoms with Crippen LogP contribution in [0, 0.1) is 17.6 Å². The maximum Gasteiger partial charge on any atom is 0.136 e. The van der Waals surface area contributed by atoms with Gasteiger partial charge in [-0.05, 0) is 97.4 Å². The number of rotatable bonds is 5. The minimum absolute atomic E-state index is 0.174. The number of hydrogen-bond acceptors (Lipinski definition) is 5. The Balaban J connectivity index is 1.35. The summed E-state index contributed by atoms with van der Waals surface area (Å²) >= 11 is 0. The molecule has 0 spiro atoms. The zero-order valence-electron chi connectivity index (χ0n) is 20.9. The normalized spacial score (nSPS) is 23.2. The van der Waals surface area contributed by atoms with E-state index in [0.29, 0.717) is 36.9 Å². The van der Waals surface area contributed by atoms with Crippen LogP contribution in [0.1, 0.15) is 73.9 Å². The molecule has 2 saturated carbocycles. The first-order valence-corrected chi connectivity index (χ1v) is 13.0. The number of benzene rings is 1. The molecule has 3 atom stereocenters. The number of pyridine rings is 1. The zero-order valence-corrected chi connectivity index (χ0v) is 20.9. The molecule has 37 heavy (non-hydrogen) atoms. The molecule has 3 heterocycles. The summed E-state index contributed by atoms with van der Waals surface area (Å²) in [5.74, 6) is 0.119. The Labute approximate surface area is 214 Å². The highest BCUT2D eigenvalue weighted by molar-refractivity contribution is 5.63. The second kappa shape index (κ2) is 9.26. The summed E-state index contributed by atoms with van der Waals surface area (Å²) < 4.78 is 31.9. The molecule has 2 aliphatic rings. The number of hydrogen-bond donors (Lipinski definition) is 2. The van der Waals surface area contributed by atoms with E-state index in [2.05, 4.69) is 28.1 Å². The Morgan fingerprint density at radius 2 is 1.86 bits per heavy atom. The van der Waals surface area contributed by atoms with Gasteiger partial charge in [0.05, 0.1) is 28.6 Å². The molecule has 0 saturated heterocycles. The lowest BCUT2D eigenvalue weighted by molar-refractivity contribution is -0.0392. The van der Waals surface area contributed by atoms with E-state index in [9.17, 15) is 5.11 Å². The maximum absolute atomic E-state index is 15.1. The van der Waals surface area contributed by atoms with Crippen LogP contribution in [-0.2, 0) is 12.0 Å². The van der Waals surface area contributed by atoms with Crippen molar-refractivity contribution < 1.29 is 13.9 Å². The highest BCUT2D eigenvalue weighted by atomic mass is 19.1. The van der Waals surface area contributed by atoms with Gasteiger partial charge in [0.25, 0.3) is 0 Å². The number of halogens is 2. The van der Waals surface area contributed by atoms with Crippen molar-refractivity contribution in [2.24, 2.45) is 11.7 Å². The van der Waals surface area contributed by atoms with Crippen molar-refractivity contribution in [2.45, 2.75) is 69.4 Å². The first-order chi connectivity index (χ1) is 17.8. The van der Waals surface area contributed by atoms with E-state index in [1.807, 2.05) is 12.4 Å². The lowest BCUT2D eigenvalue weighted by Crippen LogP contribution is -2.33. The van der Waals surface area contributed by atoms with Gasteiger partial charge in [0.2, 0.25) is 0 Å². The fourth-order valence-electron chi connectivity index (χ4n) is 6.14. The van der Waals surface area contributed by atoms with Gasteiger partial charge in [0.15, 0.2) is 0 Å². The van der Waals surface area contributed by atoms with E-state index in [1.54, 1.807) is 22.8 Å². The third kappa shape index (κ3) is 4.42. The molecule has 6 rings (SSSR count). The van der Waals surface area contributed by atoms with Crippen LogP contribution < -0.4 is 5.73 Å². The molecule has 0 unspecified atom stereocenters. The molecule has 2 fully saturated rings. The molecule has 1 aromatic carbocycles. The molecule has 0 bridgehead atoms. The molecule has 3 N–H and O–H groups in total. The summed E-state index contributed by atoms with van der Waals surface area (Å²) in [7, 11) is 0. The first-order valence-electron chi connectivity index (χ1n) is 13.0. The third-order valence-electron chi connectivity index (χ3n) is 8.18. The van der Waals surface area contributed by atoms with Gasteiger partial charge in [-0.2, -0.15) is 5.10 Å². The van der Waals surface area contributed by atoms with E-state index in [0.717, 1.165) is 36.8 Å². The third-order valence-corrected chi connectivity index (χ3v) is 8.18. The van der Waals surface area contributed by atoms with Crippen molar-refractivity contribution >= 4 is 5.52 Å². The van der Waals surface area contributed by atoms with Gasteiger partial charge in [-0.15, -0.1) is 0 Å². The summed E-state index contributed by atoms with van der Waals surface area (Å²) in [6.45, 7) is 2.25. The van der Waals surface area contributed by atoms with Crippen LogP contribution in [0.3, 0.4) is 0 Å². The number of imidazole rings is 1. The van der Waals surface area contributed by atoms with Crippen molar-refractivity contribution in [2.75, 3.05) is 0 Å². The number of aliphatic hydroxyl groups is 1. The van der Waals surface area contributed by atoms with Crippen LogP contribution in [0.5, 0.6) is 0 Å². The zero-order chi connectivity index (χ0) is 25.7. The molecular weight excluding hydrogens is 472 g/mol. The summed E-state index contributed by atoms with van der Waals surface area (Å²) in [6.07, 6.45) is 10.8. The van der Waals surface area contributed by atoms with E-state index in [4.69, 9.17) is 5.73 Å². The lowest BCUT2D eigenvalue weighted by Gasteiger charge is -2.37. The number of nitrogens with zero attached hydrogens (tertiary/aromatic N) is 4. The molecule has 0 aliphatic heterocycles. The standard InChI is InChI=1S/C29H31F2N5O/c1-17-9-18(11-21(32)10-17)23-5-8-33-15-19(23)12-27-34-16-22-3-4-26(35-36(22)27)28-24(30)13-20(14-25(28)31)29(37)6-2-7-29/h3-5,8,13-18,21,37H,2,6-7,9-12,32H2,1H3/t17-,18+,21-/m0/s1. The average molecular weight is 504 g/mol. The second-order valence-corrected chi connectivity index (χ2v) is 11.0. The fraction of sp³-hybridized carbons (Fsp3) is 0.414. The quantitative estimate of drug-likeness (QED) is 0.388. The van der Waals surface area contributed by atoms with Crippen LogP contribution in [0.15, 0.2) is 48.9 Å². The molecule has 8 heteroatoms. The van der Waals surface area contributed by atoms with Gasteiger partial charge < -0.3 is 10.8 Å². The van der Waals surface area contributed by atoms with Gasteiger partial charge in [0.1, 0.15) is 17.5 Å². The summed E-state index contributed by atoms with van der Waals surface area (Å²) in [5.41, 5.74) is 8.46. The average Bonchev–Trinajstić information content (AvgIpc) is 3.24. The van der Waals surface area contributed by atoms with Gasteiger partial charge in [-0.1, -0.05) is 6.92 Å². The van der Waals surface area contributed by atoms with Gasteiger partial charge >= 0.3 is 0 Å². The lowest BCUT2D eigenvalue weighted by atomic mass is 9.75. The molecule has 2 aliphatic carbocycles. The SMILES string of the molecule is C[C@@H]1C[C@H](N)C[C@H](c2ccncc2Cc2ncc3ccc(-c4c(F)cc(C5(O)CCC5)cc4F)nn23)C1. The fourth-order valence-corrected chi connectivity index (χ4v) is 6.14. The summed E-state index contributed by atoms with van der Waals surface area (Å²) in [5, 5.41) is 15.1. The highest BCUT2D eigenvalue weighted by Crippen LogP contribution is 2.42. The Bertz CT molecular complexity index is 1430. The summed E-state index contributed by atoms with van der Waals surface area (Å²) in [6, 6.07) is 8.08. The molecule has 4 aromatic rings. The predicted octanol–water partition coefficient (Wildman–Crippen LogP) is 5.26. The van der Waals surface area contributed by atoms with Gasteiger partial charge in [0, 0.05) is 24.9 Å². The summed E-state index contributed by atoms with van der Waals surface area (Å²) in [4.78, 5) is 8.94. The Kier molecular flexibility index (Phi) is 6.04.